The maximum Gasteiger partial charge on any atom is 0.236 e. The number of amides is 1. The SMILES string of the molecule is CNCc1ccc(-c2cccc(NC(=O)C3(c4ccc5c(c4)OCO5)CC3)n2)cc1.[HH]. The average molecular weight is 403 g/mol. The summed E-state index contributed by atoms with van der Waals surface area (Å²) in [5.74, 6) is 1.96. The van der Waals surface area contributed by atoms with Crippen molar-refractivity contribution in [2.75, 3.05) is 19.2 Å². The number of hydrogen-bond acceptors (Lipinski definition) is 5. The third-order valence-corrected chi connectivity index (χ3v) is 5.73. The van der Waals surface area contributed by atoms with E-state index in [1.807, 2.05) is 43.4 Å². The third-order valence-electron chi connectivity index (χ3n) is 5.73. The number of benzene rings is 2. The highest BCUT2D eigenvalue weighted by atomic mass is 16.7. The van der Waals surface area contributed by atoms with Crippen molar-refractivity contribution in [3.8, 4) is 22.8 Å². The van der Waals surface area contributed by atoms with E-state index in [1.165, 1.54) is 5.56 Å². The van der Waals surface area contributed by atoms with Gasteiger partial charge in [0.2, 0.25) is 12.7 Å². The number of aromatic nitrogens is 1. The molecule has 0 bridgehead atoms. The molecule has 2 aliphatic rings. The van der Waals surface area contributed by atoms with Gasteiger partial charge in [0.1, 0.15) is 5.82 Å². The van der Waals surface area contributed by atoms with Gasteiger partial charge in [0.05, 0.1) is 11.1 Å². The molecule has 1 saturated carbocycles. The number of anilines is 1. The van der Waals surface area contributed by atoms with E-state index in [4.69, 9.17) is 9.47 Å². The lowest BCUT2D eigenvalue weighted by Crippen LogP contribution is -2.28. The van der Waals surface area contributed by atoms with Crippen LogP contribution in [0.5, 0.6) is 11.5 Å². The normalized spacial score (nSPS) is 15.6. The number of pyridine rings is 1. The highest BCUT2D eigenvalue weighted by Gasteiger charge is 2.51. The Hall–Kier alpha value is -3.38. The molecule has 2 aromatic carbocycles. The van der Waals surface area contributed by atoms with Crippen molar-refractivity contribution in [3.63, 3.8) is 0 Å². The largest absolute Gasteiger partial charge is 0.454 e. The third kappa shape index (κ3) is 3.39. The quantitative estimate of drug-likeness (QED) is 0.648. The minimum absolute atomic E-state index is 0. The molecule has 154 valence electrons. The maximum atomic E-state index is 13.1. The molecule has 2 N–H and O–H groups in total. The van der Waals surface area contributed by atoms with Crippen LogP contribution < -0.4 is 20.1 Å². The first-order valence-corrected chi connectivity index (χ1v) is 10.1. The molecular formula is C24H25N3O3. The van der Waals surface area contributed by atoms with Crippen molar-refractivity contribution in [1.82, 2.24) is 10.3 Å². The van der Waals surface area contributed by atoms with Gasteiger partial charge >= 0.3 is 0 Å². The monoisotopic (exact) mass is 403 g/mol. The number of carbonyl (C=O) groups excluding carboxylic acids is 1. The minimum atomic E-state index is -0.520. The van der Waals surface area contributed by atoms with Crippen LogP contribution >= 0.6 is 0 Å². The second-order valence-corrected chi connectivity index (χ2v) is 7.74. The zero-order chi connectivity index (χ0) is 20.6. The molecule has 1 aromatic heterocycles. The fourth-order valence-electron chi connectivity index (χ4n) is 3.86. The summed E-state index contributed by atoms with van der Waals surface area (Å²) in [4.78, 5) is 17.8. The van der Waals surface area contributed by atoms with E-state index in [2.05, 4.69) is 39.9 Å². The summed E-state index contributed by atoms with van der Waals surface area (Å²) >= 11 is 0. The molecule has 0 atom stereocenters. The van der Waals surface area contributed by atoms with E-state index in [1.54, 1.807) is 0 Å². The number of hydrogen-bond donors (Lipinski definition) is 2. The molecule has 0 spiro atoms. The van der Waals surface area contributed by atoms with Crippen LogP contribution in [0.15, 0.2) is 60.7 Å². The Bertz CT molecular complexity index is 1100. The second-order valence-electron chi connectivity index (χ2n) is 7.74. The number of carbonyl (C=O) groups is 1. The fourth-order valence-corrected chi connectivity index (χ4v) is 3.86. The number of ether oxygens (including phenoxy) is 2. The van der Waals surface area contributed by atoms with Crippen molar-refractivity contribution in [2.45, 2.75) is 24.8 Å². The molecule has 1 aliphatic heterocycles. The van der Waals surface area contributed by atoms with E-state index >= 15 is 0 Å². The number of nitrogens with zero attached hydrogens (tertiary/aromatic N) is 1. The van der Waals surface area contributed by atoms with Crippen LogP contribution in [0.2, 0.25) is 0 Å². The molecule has 2 heterocycles. The molecule has 0 unspecified atom stereocenters. The molecule has 0 radical (unpaired) electrons. The van der Waals surface area contributed by atoms with Gasteiger partial charge in [0.25, 0.3) is 0 Å². The molecule has 6 heteroatoms. The van der Waals surface area contributed by atoms with Crippen LogP contribution in [0.4, 0.5) is 5.82 Å². The van der Waals surface area contributed by atoms with Crippen molar-refractivity contribution in [3.05, 3.63) is 71.8 Å². The molecule has 1 fully saturated rings. The topological polar surface area (TPSA) is 72.5 Å². The Kier molecular flexibility index (Phi) is 4.64. The van der Waals surface area contributed by atoms with Crippen LogP contribution in [0.1, 0.15) is 25.4 Å². The van der Waals surface area contributed by atoms with Crippen molar-refractivity contribution in [2.24, 2.45) is 0 Å². The number of fused-ring (bicyclic) bond motifs is 1. The highest BCUT2D eigenvalue weighted by molar-refractivity contribution is 6.01. The van der Waals surface area contributed by atoms with Crippen LogP contribution in [0.3, 0.4) is 0 Å². The minimum Gasteiger partial charge on any atom is -0.454 e. The number of rotatable bonds is 6. The Morgan fingerprint density at radius 2 is 1.87 bits per heavy atom. The molecule has 1 aliphatic carbocycles. The van der Waals surface area contributed by atoms with E-state index in [9.17, 15) is 4.79 Å². The lowest BCUT2D eigenvalue weighted by molar-refractivity contribution is -0.118. The maximum absolute atomic E-state index is 13.1. The standard InChI is InChI=1S/C24H23N3O3.H2/c1-25-14-16-5-7-17(8-6-16)19-3-2-4-22(26-19)27-23(28)24(11-12-24)18-9-10-20-21(13-18)30-15-29-20;/h2-10,13,25H,11-12,14-15H2,1H3,(H,26,27,28);1H. The molecule has 5 rings (SSSR count). The van der Waals surface area contributed by atoms with Gasteiger partial charge < -0.3 is 20.1 Å². The predicted octanol–water partition coefficient (Wildman–Crippen LogP) is 4.11. The van der Waals surface area contributed by atoms with Crippen molar-refractivity contribution < 1.29 is 15.7 Å². The summed E-state index contributed by atoms with van der Waals surface area (Å²) in [5, 5.41) is 6.16. The Morgan fingerprint density at radius 3 is 2.63 bits per heavy atom. The van der Waals surface area contributed by atoms with Gasteiger partial charge in [-0.2, -0.15) is 0 Å². The van der Waals surface area contributed by atoms with Crippen LogP contribution in [0, 0.1) is 0 Å². The van der Waals surface area contributed by atoms with E-state index in [0.29, 0.717) is 11.6 Å². The molecule has 0 saturated heterocycles. The average Bonchev–Trinajstić information content (AvgIpc) is 3.46. The van der Waals surface area contributed by atoms with Gasteiger partial charge in [-0.15, -0.1) is 0 Å². The van der Waals surface area contributed by atoms with Crippen LogP contribution in [0.25, 0.3) is 11.3 Å². The molecule has 1 amide bonds. The summed E-state index contributed by atoms with van der Waals surface area (Å²) in [6, 6.07) is 19.7. The first kappa shape index (κ1) is 18.6. The van der Waals surface area contributed by atoms with Gasteiger partial charge in [0, 0.05) is 13.5 Å². The second kappa shape index (κ2) is 7.46. The smallest absolute Gasteiger partial charge is 0.236 e. The lowest BCUT2D eigenvalue weighted by atomic mass is 9.94. The first-order valence-electron chi connectivity index (χ1n) is 10.1. The zero-order valence-corrected chi connectivity index (χ0v) is 16.8. The zero-order valence-electron chi connectivity index (χ0n) is 16.8. The summed E-state index contributed by atoms with van der Waals surface area (Å²) in [6.07, 6.45) is 1.62. The first-order chi connectivity index (χ1) is 14.7. The van der Waals surface area contributed by atoms with Gasteiger partial charge in [-0.1, -0.05) is 36.4 Å². The molecule has 6 nitrogen and oxygen atoms in total. The Labute approximate surface area is 176 Å². The summed E-state index contributed by atoms with van der Waals surface area (Å²) in [6.45, 7) is 1.05. The van der Waals surface area contributed by atoms with E-state index < -0.39 is 5.41 Å². The molecular weight excluding hydrogens is 378 g/mol. The lowest BCUT2D eigenvalue weighted by Gasteiger charge is -2.16. The molecule has 3 aromatic rings. The Balaban J connectivity index is 0.00000231. The molecule has 30 heavy (non-hydrogen) atoms. The summed E-state index contributed by atoms with van der Waals surface area (Å²) in [7, 11) is 1.93. The van der Waals surface area contributed by atoms with Gasteiger partial charge in [-0.05, 0) is 55.3 Å². The van der Waals surface area contributed by atoms with Gasteiger partial charge in [-0.3, -0.25) is 4.79 Å². The summed E-state index contributed by atoms with van der Waals surface area (Å²) in [5.41, 5.74) is 3.50. The van der Waals surface area contributed by atoms with Gasteiger partial charge in [0.15, 0.2) is 11.5 Å². The highest BCUT2D eigenvalue weighted by Crippen LogP contribution is 2.51. The van der Waals surface area contributed by atoms with Crippen molar-refractivity contribution in [1.29, 1.82) is 0 Å². The predicted molar refractivity (Wildman–Crippen MR) is 117 cm³/mol. The van der Waals surface area contributed by atoms with Crippen LogP contribution in [-0.2, 0) is 16.8 Å². The summed E-state index contributed by atoms with van der Waals surface area (Å²) < 4.78 is 10.9. The van der Waals surface area contributed by atoms with Gasteiger partial charge in [-0.25, -0.2) is 4.98 Å². The van der Waals surface area contributed by atoms with E-state index in [-0.39, 0.29) is 14.1 Å². The Morgan fingerprint density at radius 1 is 1.07 bits per heavy atom. The van der Waals surface area contributed by atoms with E-state index in [0.717, 1.165) is 42.0 Å². The fraction of sp³-hybridized carbons (Fsp3) is 0.250. The van der Waals surface area contributed by atoms with Crippen LogP contribution in [-0.4, -0.2) is 24.7 Å². The number of nitrogens with one attached hydrogen (secondary N) is 2. The van der Waals surface area contributed by atoms with Crippen molar-refractivity contribution >= 4 is 11.7 Å².